The number of nitrogens with zero attached hydrogens (tertiary/aromatic N) is 3. The Balaban J connectivity index is 1.86. The lowest BCUT2D eigenvalue weighted by Crippen LogP contribution is -2.44. The Morgan fingerprint density at radius 1 is 1.28 bits per heavy atom. The number of hydrogen-bond donors (Lipinski definition) is 1. The first-order valence-corrected chi connectivity index (χ1v) is 9.71. The van der Waals surface area contributed by atoms with Gasteiger partial charge in [0.15, 0.2) is 0 Å². The van der Waals surface area contributed by atoms with Gasteiger partial charge in [0, 0.05) is 37.8 Å². The lowest BCUT2D eigenvalue weighted by molar-refractivity contribution is -0.133. The van der Waals surface area contributed by atoms with Crippen LogP contribution in [0.3, 0.4) is 0 Å². The average molecular weight is 392 g/mol. The summed E-state index contributed by atoms with van der Waals surface area (Å²) >= 11 is 0. The van der Waals surface area contributed by atoms with Crippen molar-refractivity contribution in [2.24, 2.45) is 0 Å². The van der Waals surface area contributed by atoms with E-state index in [4.69, 9.17) is 5.26 Å². The van der Waals surface area contributed by atoms with Crippen LogP contribution >= 0.6 is 0 Å². The minimum atomic E-state index is -0.506. The van der Waals surface area contributed by atoms with Crippen LogP contribution < -0.4 is 5.56 Å². The molecule has 7 heteroatoms. The van der Waals surface area contributed by atoms with Crippen molar-refractivity contribution in [2.75, 3.05) is 13.1 Å². The molecule has 2 heterocycles. The van der Waals surface area contributed by atoms with Crippen LogP contribution in [-0.2, 0) is 11.3 Å². The number of H-pyrrole nitrogens is 1. The topological polar surface area (TPSA) is 97.3 Å². The van der Waals surface area contributed by atoms with Crippen LogP contribution in [-0.4, -0.2) is 45.7 Å². The molecule has 1 aliphatic heterocycles. The number of carbonyl (C=O) groups excluding carboxylic acids is 2. The van der Waals surface area contributed by atoms with Gasteiger partial charge < -0.3 is 14.8 Å². The zero-order valence-corrected chi connectivity index (χ0v) is 16.6. The SMILES string of the molecule is CC[C@H]1CN(C(=O)c2cc(C#N)c(=O)[nH]c2C)CCC(=O)N1Cc1ccccc1. The number of aromatic nitrogens is 1. The Labute approximate surface area is 169 Å². The molecule has 7 nitrogen and oxygen atoms in total. The van der Waals surface area contributed by atoms with E-state index in [2.05, 4.69) is 4.98 Å². The fraction of sp³-hybridized carbons (Fsp3) is 0.364. The van der Waals surface area contributed by atoms with Crippen molar-refractivity contribution in [3.8, 4) is 6.07 Å². The van der Waals surface area contributed by atoms with Gasteiger partial charge in [-0.3, -0.25) is 14.4 Å². The average Bonchev–Trinajstić information content (AvgIpc) is 2.88. The van der Waals surface area contributed by atoms with Crippen LogP contribution in [0.15, 0.2) is 41.2 Å². The van der Waals surface area contributed by atoms with E-state index in [0.717, 1.165) is 12.0 Å². The molecule has 1 aromatic heterocycles. The highest BCUT2D eigenvalue weighted by Gasteiger charge is 2.31. The molecule has 0 spiro atoms. The van der Waals surface area contributed by atoms with Crippen molar-refractivity contribution in [1.82, 2.24) is 14.8 Å². The fourth-order valence-electron chi connectivity index (χ4n) is 3.65. The van der Waals surface area contributed by atoms with Gasteiger partial charge in [-0.25, -0.2) is 0 Å². The van der Waals surface area contributed by atoms with Gasteiger partial charge in [-0.1, -0.05) is 37.3 Å². The van der Waals surface area contributed by atoms with Gasteiger partial charge in [-0.2, -0.15) is 5.26 Å². The van der Waals surface area contributed by atoms with E-state index in [1.54, 1.807) is 11.8 Å². The van der Waals surface area contributed by atoms with Crippen LogP contribution in [0.4, 0.5) is 0 Å². The van der Waals surface area contributed by atoms with Gasteiger partial charge in [-0.15, -0.1) is 0 Å². The van der Waals surface area contributed by atoms with Gasteiger partial charge in [0.2, 0.25) is 5.91 Å². The number of carbonyl (C=O) groups is 2. The maximum absolute atomic E-state index is 13.2. The highest BCUT2D eigenvalue weighted by atomic mass is 16.2. The van der Waals surface area contributed by atoms with Crippen LogP contribution in [0, 0.1) is 18.3 Å². The van der Waals surface area contributed by atoms with Gasteiger partial charge in [0.1, 0.15) is 11.6 Å². The monoisotopic (exact) mass is 392 g/mol. The molecule has 0 aliphatic carbocycles. The van der Waals surface area contributed by atoms with Gasteiger partial charge >= 0.3 is 0 Å². The summed E-state index contributed by atoms with van der Waals surface area (Å²) in [5.41, 5.74) is 1.16. The predicted octanol–water partition coefficient (Wildman–Crippen LogP) is 2.21. The molecular weight excluding hydrogens is 368 g/mol. The first kappa shape index (κ1) is 20.3. The van der Waals surface area contributed by atoms with Crippen molar-refractivity contribution in [3.05, 3.63) is 69.1 Å². The van der Waals surface area contributed by atoms with E-state index in [1.807, 2.05) is 48.2 Å². The van der Waals surface area contributed by atoms with Crippen molar-refractivity contribution < 1.29 is 9.59 Å². The molecule has 3 rings (SSSR count). The Bertz CT molecular complexity index is 1010. The molecule has 0 saturated carbocycles. The van der Waals surface area contributed by atoms with E-state index in [0.29, 0.717) is 30.9 Å². The zero-order valence-electron chi connectivity index (χ0n) is 16.6. The largest absolute Gasteiger partial charge is 0.336 e. The second kappa shape index (κ2) is 8.74. The molecule has 1 atom stereocenters. The quantitative estimate of drug-likeness (QED) is 0.863. The Hall–Kier alpha value is -3.40. The Morgan fingerprint density at radius 2 is 2.00 bits per heavy atom. The standard InChI is InChI=1S/C22H24N4O3/c1-3-18-14-25(22(29)19-11-17(12-23)21(28)24-15(19)2)10-9-20(27)26(18)13-16-7-5-4-6-8-16/h4-8,11,18H,3,9-10,13-14H2,1-2H3,(H,24,28)/t18-/m0/s1. The number of hydrogen-bond acceptors (Lipinski definition) is 4. The smallest absolute Gasteiger partial charge is 0.266 e. The van der Waals surface area contributed by atoms with Crippen molar-refractivity contribution in [3.63, 3.8) is 0 Å². The summed E-state index contributed by atoms with van der Waals surface area (Å²) in [4.78, 5) is 43.8. The number of rotatable bonds is 4. The third-order valence-electron chi connectivity index (χ3n) is 5.33. The number of nitriles is 1. The fourth-order valence-corrected chi connectivity index (χ4v) is 3.65. The van der Waals surface area contributed by atoms with Gasteiger partial charge in [-0.05, 0) is 25.0 Å². The molecule has 150 valence electrons. The molecule has 1 aliphatic rings. The lowest BCUT2D eigenvalue weighted by Gasteiger charge is -2.31. The second-order valence-electron chi connectivity index (χ2n) is 7.23. The maximum Gasteiger partial charge on any atom is 0.266 e. The predicted molar refractivity (Wildman–Crippen MR) is 108 cm³/mol. The maximum atomic E-state index is 13.2. The summed E-state index contributed by atoms with van der Waals surface area (Å²) in [7, 11) is 0. The zero-order chi connectivity index (χ0) is 21.0. The molecule has 1 fully saturated rings. The van der Waals surface area contributed by atoms with E-state index in [-0.39, 0.29) is 29.8 Å². The summed E-state index contributed by atoms with van der Waals surface area (Å²) in [6.45, 7) is 4.87. The van der Waals surface area contributed by atoms with E-state index in [9.17, 15) is 14.4 Å². The number of amides is 2. The molecule has 0 unspecified atom stereocenters. The molecule has 0 radical (unpaired) electrons. The number of benzene rings is 1. The Morgan fingerprint density at radius 3 is 2.66 bits per heavy atom. The normalized spacial score (nSPS) is 17.0. The van der Waals surface area contributed by atoms with Gasteiger partial charge in [0.05, 0.1) is 5.56 Å². The minimum Gasteiger partial charge on any atom is -0.336 e. The summed E-state index contributed by atoms with van der Waals surface area (Å²) in [5.74, 6) is -0.255. The molecule has 29 heavy (non-hydrogen) atoms. The summed E-state index contributed by atoms with van der Waals surface area (Å²) in [5, 5.41) is 9.11. The molecule has 1 saturated heterocycles. The number of pyridine rings is 1. The van der Waals surface area contributed by atoms with Crippen LogP contribution in [0.5, 0.6) is 0 Å². The van der Waals surface area contributed by atoms with E-state index in [1.165, 1.54) is 6.07 Å². The highest BCUT2D eigenvalue weighted by Crippen LogP contribution is 2.20. The molecule has 2 amide bonds. The third kappa shape index (κ3) is 4.37. The van der Waals surface area contributed by atoms with Crippen molar-refractivity contribution >= 4 is 11.8 Å². The molecule has 1 N–H and O–H groups in total. The van der Waals surface area contributed by atoms with E-state index < -0.39 is 5.56 Å². The van der Waals surface area contributed by atoms with Crippen LogP contribution in [0.2, 0.25) is 0 Å². The molecule has 0 bridgehead atoms. The molecule has 2 aromatic rings. The summed E-state index contributed by atoms with van der Waals surface area (Å²) in [6.07, 6.45) is 0.957. The summed E-state index contributed by atoms with van der Waals surface area (Å²) < 4.78 is 0. The first-order chi connectivity index (χ1) is 13.9. The Kier molecular flexibility index (Phi) is 6.13. The second-order valence-corrected chi connectivity index (χ2v) is 7.23. The lowest BCUT2D eigenvalue weighted by atomic mass is 10.1. The van der Waals surface area contributed by atoms with Crippen LogP contribution in [0.25, 0.3) is 0 Å². The van der Waals surface area contributed by atoms with Crippen molar-refractivity contribution in [1.29, 1.82) is 5.26 Å². The number of aryl methyl sites for hydroxylation is 1. The minimum absolute atomic E-state index is 0.0203. The third-order valence-corrected chi connectivity index (χ3v) is 5.33. The number of aromatic amines is 1. The highest BCUT2D eigenvalue weighted by molar-refractivity contribution is 5.96. The van der Waals surface area contributed by atoms with Crippen molar-refractivity contribution in [2.45, 2.75) is 39.3 Å². The number of nitrogens with one attached hydrogen (secondary N) is 1. The van der Waals surface area contributed by atoms with Gasteiger partial charge in [0.25, 0.3) is 11.5 Å². The first-order valence-electron chi connectivity index (χ1n) is 9.71. The van der Waals surface area contributed by atoms with Crippen LogP contribution in [0.1, 0.15) is 46.9 Å². The molecular formula is C22H24N4O3. The molecule has 1 aromatic carbocycles. The summed E-state index contributed by atoms with van der Waals surface area (Å²) in [6, 6.07) is 12.9. The van der Waals surface area contributed by atoms with E-state index >= 15 is 0 Å².